The monoisotopic (exact) mass is 270 g/mol. The number of halogens is 1. The molecule has 0 saturated heterocycles. The van der Waals surface area contributed by atoms with Crippen LogP contribution >= 0.6 is 11.6 Å². The molecular formula is C13H19ClN2O2. The van der Waals surface area contributed by atoms with Gasteiger partial charge in [-0.1, -0.05) is 11.6 Å². The molecular weight excluding hydrogens is 252 g/mol. The standard InChI is InChI=1S/C13H19ClN2O2/c1-9(2)18-7-3-4-13(17)16-10-5-6-11(14)12(15)8-10/h5-6,8-9H,3-4,7,15H2,1-2H3,(H,16,17). The third-order valence-corrected chi connectivity index (χ3v) is 2.62. The maximum absolute atomic E-state index is 11.6. The average molecular weight is 271 g/mol. The lowest BCUT2D eigenvalue weighted by atomic mass is 10.2. The number of anilines is 2. The third kappa shape index (κ3) is 5.38. The summed E-state index contributed by atoms with van der Waals surface area (Å²) in [6.07, 6.45) is 1.33. The summed E-state index contributed by atoms with van der Waals surface area (Å²) >= 11 is 5.79. The zero-order valence-electron chi connectivity index (χ0n) is 10.7. The first-order valence-corrected chi connectivity index (χ1v) is 6.33. The fourth-order valence-electron chi connectivity index (χ4n) is 1.40. The Morgan fingerprint density at radius 2 is 2.22 bits per heavy atom. The van der Waals surface area contributed by atoms with E-state index in [1.54, 1.807) is 18.2 Å². The number of nitrogen functional groups attached to an aromatic ring is 1. The minimum atomic E-state index is -0.0518. The molecule has 0 radical (unpaired) electrons. The molecule has 5 heteroatoms. The van der Waals surface area contributed by atoms with Crippen molar-refractivity contribution in [2.75, 3.05) is 17.7 Å². The van der Waals surface area contributed by atoms with E-state index >= 15 is 0 Å². The van der Waals surface area contributed by atoms with Crippen LogP contribution in [0.4, 0.5) is 11.4 Å². The van der Waals surface area contributed by atoms with Gasteiger partial charge in [0.2, 0.25) is 5.91 Å². The van der Waals surface area contributed by atoms with E-state index in [2.05, 4.69) is 5.32 Å². The Bertz CT molecular complexity index is 408. The van der Waals surface area contributed by atoms with E-state index in [4.69, 9.17) is 22.1 Å². The van der Waals surface area contributed by atoms with E-state index < -0.39 is 0 Å². The molecule has 4 nitrogen and oxygen atoms in total. The minimum Gasteiger partial charge on any atom is -0.397 e. The highest BCUT2D eigenvalue weighted by Crippen LogP contribution is 2.22. The van der Waals surface area contributed by atoms with Gasteiger partial charge in [-0.3, -0.25) is 4.79 Å². The Morgan fingerprint density at radius 3 is 2.83 bits per heavy atom. The van der Waals surface area contributed by atoms with E-state index in [-0.39, 0.29) is 12.0 Å². The van der Waals surface area contributed by atoms with Gasteiger partial charge in [-0.25, -0.2) is 0 Å². The highest BCUT2D eigenvalue weighted by Gasteiger charge is 2.04. The summed E-state index contributed by atoms with van der Waals surface area (Å²) < 4.78 is 5.36. The van der Waals surface area contributed by atoms with Gasteiger partial charge >= 0.3 is 0 Å². The van der Waals surface area contributed by atoms with Crippen molar-refractivity contribution >= 4 is 28.9 Å². The van der Waals surface area contributed by atoms with Crippen LogP contribution in [0.2, 0.25) is 5.02 Å². The maximum Gasteiger partial charge on any atom is 0.224 e. The van der Waals surface area contributed by atoms with Gasteiger partial charge in [-0.2, -0.15) is 0 Å². The molecule has 0 aliphatic carbocycles. The first-order chi connectivity index (χ1) is 8.49. The summed E-state index contributed by atoms with van der Waals surface area (Å²) in [6.45, 7) is 4.53. The Labute approximate surface area is 112 Å². The lowest BCUT2D eigenvalue weighted by Crippen LogP contribution is -2.13. The van der Waals surface area contributed by atoms with Crippen molar-refractivity contribution in [2.45, 2.75) is 32.8 Å². The van der Waals surface area contributed by atoms with Crippen LogP contribution in [0.1, 0.15) is 26.7 Å². The number of benzene rings is 1. The second kappa shape index (κ2) is 7.24. The van der Waals surface area contributed by atoms with Gasteiger partial charge < -0.3 is 15.8 Å². The van der Waals surface area contributed by atoms with Crippen LogP contribution in [0.15, 0.2) is 18.2 Å². The number of ether oxygens (including phenoxy) is 1. The number of carbonyl (C=O) groups excluding carboxylic acids is 1. The van der Waals surface area contributed by atoms with Gasteiger partial charge in [0.15, 0.2) is 0 Å². The van der Waals surface area contributed by atoms with Crippen LogP contribution < -0.4 is 11.1 Å². The van der Waals surface area contributed by atoms with E-state index in [1.807, 2.05) is 13.8 Å². The largest absolute Gasteiger partial charge is 0.397 e. The van der Waals surface area contributed by atoms with Gasteiger partial charge in [0.25, 0.3) is 0 Å². The van der Waals surface area contributed by atoms with Gasteiger partial charge in [0.05, 0.1) is 16.8 Å². The smallest absolute Gasteiger partial charge is 0.224 e. The highest BCUT2D eigenvalue weighted by atomic mass is 35.5. The van der Waals surface area contributed by atoms with Crippen molar-refractivity contribution in [3.8, 4) is 0 Å². The predicted octanol–water partition coefficient (Wildman–Crippen LogP) is 3.07. The Hall–Kier alpha value is -1.26. The van der Waals surface area contributed by atoms with Crippen LogP contribution in [0.3, 0.4) is 0 Å². The number of hydrogen-bond donors (Lipinski definition) is 2. The fourth-order valence-corrected chi connectivity index (χ4v) is 1.51. The summed E-state index contributed by atoms with van der Waals surface area (Å²) in [5.41, 5.74) is 6.76. The molecule has 18 heavy (non-hydrogen) atoms. The normalized spacial score (nSPS) is 10.7. The summed E-state index contributed by atoms with van der Waals surface area (Å²) in [5, 5.41) is 3.25. The van der Waals surface area contributed by atoms with Crippen LogP contribution in [-0.4, -0.2) is 18.6 Å². The predicted molar refractivity (Wildman–Crippen MR) is 74.8 cm³/mol. The molecule has 1 amide bonds. The van der Waals surface area contributed by atoms with Gasteiger partial charge in [0.1, 0.15) is 0 Å². The molecule has 100 valence electrons. The molecule has 0 fully saturated rings. The van der Waals surface area contributed by atoms with Crippen LogP contribution in [0, 0.1) is 0 Å². The molecule has 1 aromatic carbocycles. The number of nitrogens with one attached hydrogen (secondary N) is 1. The van der Waals surface area contributed by atoms with Crippen molar-refractivity contribution in [2.24, 2.45) is 0 Å². The molecule has 0 bridgehead atoms. The second-order valence-electron chi connectivity index (χ2n) is 4.31. The van der Waals surface area contributed by atoms with Crippen LogP contribution in [0.5, 0.6) is 0 Å². The summed E-state index contributed by atoms with van der Waals surface area (Å²) in [4.78, 5) is 11.6. The zero-order chi connectivity index (χ0) is 13.5. The summed E-state index contributed by atoms with van der Waals surface area (Å²) in [7, 11) is 0. The van der Waals surface area contributed by atoms with Crippen molar-refractivity contribution in [1.82, 2.24) is 0 Å². The Morgan fingerprint density at radius 1 is 1.50 bits per heavy atom. The van der Waals surface area contributed by atoms with Crippen molar-refractivity contribution in [3.05, 3.63) is 23.2 Å². The summed E-state index contributed by atoms with van der Waals surface area (Å²) in [5.74, 6) is -0.0518. The number of amides is 1. The number of nitrogens with two attached hydrogens (primary N) is 1. The van der Waals surface area contributed by atoms with E-state index in [0.29, 0.717) is 35.8 Å². The maximum atomic E-state index is 11.6. The molecule has 1 aromatic rings. The molecule has 3 N–H and O–H groups in total. The van der Waals surface area contributed by atoms with Gasteiger partial charge in [-0.05, 0) is 38.5 Å². The molecule has 0 aliphatic heterocycles. The number of hydrogen-bond acceptors (Lipinski definition) is 3. The van der Waals surface area contributed by atoms with E-state index in [1.165, 1.54) is 0 Å². The van der Waals surface area contributed by atoms with Gasteiger partial charge in [0, 0.05) is 18.7 Å². The van der Waals surface area contributed by atoms with E-state index in [9.17, 15) is 4.79 Å². The van der Waals surface area contributed by atoms with Crippen LogP contribution in [0.25, 0.3) is 0 Å². The van der Waals surface area contributed by atoms with Crippen molar-refractivity contribution in [3.63, 3.8) is 0 Å². The SMILES string of the molecule is CC(C)OCCCC(=O)Nc1ccc(Cl)c(N)c1. The second-order valence-corrected chi connectivity index (χ2v) is 4.71. The van der Waals surface area contributed by atoms with E-state index in [0.717, 1.165) is 0 Å². The molecule has 0 aliphatic rings. The average Bonchev–Trinajstić information content (AvgIpc) is 2.29. The third-order valence-electron chi connectivity index (χ3n) is 2.28. The van der Waals surface area contributed by atoms with Crippen molar-refractivity contribution < 1.29 is 9.53 Å². The topological polar surface area (TPSA) is 64.3 Å². The summed E-state index contributed by atoms with van der Waals surface area (Å²) in [6, 6.07) is 5.03. The molecule has 0 spiro atoms. The molecule has 0 heterocycles. The lowest BCUT2D eigenvalue weighted by molar-refractivity contribution is -0.116. The first kappa shape index (κ1) is 14.8. The lowest BCUT2D eigenvalue weighted by Gasteiger charge is -2.08. The first-order valence-electron chi connectivity index (χ1n) is 5.95. The Balaban J connectivity index is 2.33. The molecule has 0 unspecified atom stereocenters. The molecule has 0 saturated carbocycles. The van der Waals surface area contributed by atoms with Crippen LogP contribution in [-0.2, 0) is 9.53 Å². The molecule has 0 aromatic heterocycles. The Kier molecular flexibility index (Phi) is 5.95. The van der Waals surface area contributed by atoms with Gasteiger partial charge in [-0.15, -0.1) is 0 Å². The molecule has 1 rings (SSSR count). The van der Waals surface area contributed by atoms with Crippen molar-refractivity contribution in [1.29, 1.82) is 0 Å². The number of carbonyl (C=O) groups is 1. The number of rotatable bonds is 6. The molecule has 0 atom stereocenters. The fraction of sp³-hybridized carbons (Fsp3) is 0.462. The highest BCUT2D eigenvalue weighted by molar-refractivity contribution is 6.33. The quantitative estimate of drug-likeness (QED) is 0.617. The minimum absolute atomic E-state index is 0.0518. The zero-order valence-corrected chi connectivity index (χ0v) is 11.5.